The van der Waals surface area contributed by atoms with Crippen LogP contribution >= 0.6 is 0 Å². The van der Waals surface area contributed by atoms with Crippen molar-refractivity contribution in [1.82, 2.24) is 0 Å². The molecule has 0 heterocycles. The number of nitrogens with one attached hydrogen (secondary N) is 1. The first-order valence-electron chi connectivity index (χ1n) is 4.96. The Morgan fingerprint density at radius 2 is 2.29 bits per heavy atom. The number of carbonyl (C=O) groups excluding carboxylic acids is 1. The topological polar surface area (TPSA) is 98.3 Å². The summed E-state index contributed by atoms with van der Waals surface area (Å²) in [7, 11) is 0. The lowest BCUT2D eigenvalue weighted by molar-refractivity contribution is -0.387. The summed E-state index contributed by atoms with van der Waals surface area (Å²) in [5, 5.41) is 12.7. The minimum absolute atomic E-state index is 0.141. The lowest BCUT2D eigenvalue weighted by atomic mass is 10.2. The van der Waals surface area contributed by atoms with Crippen LogP contribution in [-0.2, 0) is 4.79 Å². The van der Waals surface area contributed by atoms with Crippen LogP contribution in [0.25, 0.3) is 0 Å². The van der Waals surface area contributed by atoms with Crippen molar-refractivity contribution < 1.29 is 14.1 Å². The maximum atomic E-state index is 13.2. The molecule has 3 N–H and O–H groups in total. The van der Waals surface area contributed by atoms with E-state index in [0.717, 1.165) is 12.1 Å². The first-order valence-corrected chi connectivity index (χ1v) is 4.96. The van der Waals surface area contributed by atoms with Gasteiger partial charge in [0, 0.05) is 17.8 Å². The molecule has 0 unspecified atom stereocenters. The molecule has 0 radical (unpaired) electrons. The van der Waals surface area contributed by atoms with Crippen molar-refractivity contribution in [2.45, 2.75) is 19.4 Å². The number of rotatable bonds is 4. The summed E-state index contributed by atoms with van der Waals surface area (Å²) in [5.41, 5.74) is 4.97. The molecule has 0 spiro atoms. The number of benzene rings is 1. The molecule has 1 atom stereocenters. The third kappa shape index (κ3) is 3.22. The van der Waals surface area contributed by atoms with Gasteiger partial charge in [0.05, 0.1) is 11.0 Å². The van der Waals surface area contributed by atoms with Gasteiger partial charge in [-0.2, -0.15) is 4.39 Å². The molecular formula is C10H12FN3O3. The van der Waals surface area contributed by atoms with Gasteiger partial charge in [0.25, 0.3) is 0 Å². The Morgan fingerprint density at radius 1 is 1.65 bits per heavy atom. The number of nitro groups is 1. The van der Waals surface area contributed by atoms with Crippen LogP contribution in [0.2, 0.25) is 0 Å². The van der Waals surface area contributed by atoms with Gasteiger partial charge >= 0.3 is 5.69 Å². The molecule has 6 nitrogen and oxygen atoms in total. The minimum Gasteiger partial charge on any atom is -0.325 e. The number of halogens is 1. The van der Waals surface area contributed by atoms with Crippen molar-refractivity contribution in [2.75, 3.05) is 5.32 Å². The van der Waals surface area contributed by atoms with Crippen LogP contribution in [0, 0.1) is 15.9 Å². The third-order valence-electron chi connectivity index (χ3n) is 2.19. The van der Waals surface area contributed by atoms with Crippen LogP contribution in [0.4, 0.5) is 15.8 Å². The number of nitro benzene ring substituents is 1. The summed E-state index contributed by atoms with van der Waals surface area (Å²) in [5.74, 6) is -1.46. The number of amides is 1. The first-order chi connectivity index (χ1) is 7.95. The van der Waals surface area contributed by atoms with E-state index in [9.17, 15) is 19.3 Å². The molecule has 7 heteroatoms. The van der Waals surface area contributed by atoms with Crippen molar-refractivity contribution in [3.8, 4) is 0 Å². The van der Waals surface area contributed by atoms with Crippen molar-refractivity contribution in [1.29, 1.82) is 0 Å². The zero-order chi connectivity index (χ0) is 13.0. The monoisotopic (exact) mass is 241 g/mol. The average Bonchev–Trinajstić information content (AvgIpc) is 2.27. The van der Waals surface area contributed by atoms with E-state index in [1.165, 1.54) is 6.07 Å². The normalized spacial score (nSPS) is 11.9. The van der Waals surface area contributed by atoms with Crippen molar-refractivity contribution >= 4 is 17.3 Å². The van der Waals surface area contributed by atoms with E-state index in [2.05, 4.69) is 5.32 Å². The van der Waals surface area contributed by atoms with E-state index in [0.29, 0.717) is 6.42 Å². The summed E-state index contributed by atoms with van der Waals surface area (Å²) < 4.78 is 13.2. The van der Waals surface area contributed by atoms with Crippen LogP contribution in [0.15, 0.2) is 18.2 Å². The van der Waals surface area contributed by atoms with Gasteiger partial charge in [0.1, 0.15) is 0 Å². The summed E-state index contributed by atoms with van der Waals surface area (Å²) in [6.45, 7) is 1.74. The molecule has 0 bridgehead atoms. The Kier molecular flexibility index (Phi) is 4.11. The highest BCUT2D eigenvalue weighted by molar-refractivity contribution is 5.94. The van der Waals surface area contributed by atoms with Crippen molar-refractivity contribution in [3.05, 3.63) is 34.1 Å². The summed E-state index contributed by atoms with van der Waals surface area (Å²) in [4.78, 5) is 20.9. The molecule has 92 valence electrons. The Labute approximate surface area is 96.8 Å². The van der Waals surface area contributed by atoms with E-state index in [1.807, 2.05) is 0 Å². The van der Waals surface area contributed by atoms with Crippen LogP contribution in [0.3, 0.4) is 0 Å². The van der Waals surface area contributed by atoms with Gasteiger partial charge in [0.2, 0.25) is 11.7 Å². The van der Waals surface area contributed by atoms with Gasteiger partial charge in [-0.25, -0.2) is 0 Å². The van der Waals surface area contributed by atoms with E-state index >= 15 is 0 Å². The molecule has 1 aromatic rings. The van der Waals surface area contributed by atoms with Gasteiger partial charge in [-0.05, 0) is 12.5 Å². The lowest BCUT2D eigenvalue weighted by Gasteiger charge is -2.09. The highest BCUT2D eigenvalue weighted by Crippen LogP contribution is 2.20. The molecular weight excluding hydrogens is 229 g/mol. The van der Waals surface area contributed by atoms with Crippen molar-refractivity contribution in [2.24, 2.45) is 5.73 Å². The number of nitrogens with two attached hydrogens (primary N) is 1. The third-order valence-corrected chi connectivity index (χ3v) is 2.19. The fourth-order valence-electron chi connectivity index (χ4n) is 1.15. The second-order valence-electron chi connectivity index (χ2n) is 3.43. The molecule has 1 aromatic carbocycles. The largest absolute Gasteiger partial charge is 0.325 e. The predicted molar refractivity (Wildman–Crippen MR) is 60.0 cm³/mol. The Balaban J connectivity index is 2.84. The number of hydrogen-bond donors (Lipinski definition) is 2. The molecule has 0 saturated carbocycles. The highest BCUT2D eigenvalue weighted by Gasteiger charge is 2.16. The number of anilines is 1. The second kappa shape index (κ2) is 5.35. The Hall–Kier alpha value is -2.02. The summed E-state index contributed by atoms with van der Waals surface area (Å²) in [6, 6.07) is 2.44. The number of carbonyl (C=O) groups is 1. The van der Waals surface area contributed by atoms with Crippen LogP contribution < -0.4 is 11.1 Å². The smallest absolute Gasteiger partial charge is 0.304 e. The average molecular weight is 241 g/mol. The predicted octanol–water partition coefficient (Wildman–Crippen LogP) is 1.41. The van der Waals surface area contributed by atoms with Crippen molar-refractivity contribution in [3.63, 3.8) is 0 Å². The lowest BCUT2D eigenvalue weighted by Crippen LogP contribution is -2.34. The van der Waals surface area contributed by atoms with E-state index in [4.69, 9.17) is 5.73 Å². The van der Waals surface area contributed by atoms with E-state index in [-0.39, 0.29) is 5.69 Å². The maximum absolute atomic E-state index is 13.2. The van der Waals surface area contributed by atoms with Gasteiger partial charge < -0.3 is 11.1 Å². The molecule has 0 saturated heterocycles. The number of nitrogens with zero attached hydrogens (tertiary/aromatic N) is 1. The molecule has 0 aliphatic heterocycles. The molecule has 0 aromatic heterocycles. The zero-order valence-electron chi connectivity index (χ0n) is 9.14. The SMILES string of the molecule is CC[C@H](N)C(=O)Nc1ccc([N+](=O)[O-])c(F)c1. The number of hydrogen-bond acceptors (Lipinski definition) is 4. The molecule has 0 fully saturated rings. The molecule has 0 aliphatic carbocycles. The second-order valence-corrected chi connectivity index (χ2v) is 3.43. The fourth-order valence-corrected chi connectivity index (χ4v) is 1.15. The van der Waals surface area contributed by atoms with Crippen LogP contribution in [-0.4, -0.2) is 16.9 Å². The van der Waals surface area contributed by atoms with E-state index < -0.39 is 28.4 Å². The van der Waals surface area contributed by atoms with Crippen LogP contribution in [0.1, 0.15) is 13.3 Å². The van der Waals surface area contributed by atoms with Gasteiger partial charge in [-0.15, -0.1) is 0 Å². The van der Waals surface area contributed by atoms with Crippen LogP contribution in [0.5, 0.6) is 0 Å². The van der Waals surface area contributed by atoms with E-state index in [1.54, 1.807) is 6.92 Å². The highest BCUT2D eigenvalue weighted by atomic mass is 19.1. The standard InChI is InChI=1S/C10H12FN3O3/c1-2-8(12)10(15)13-6-3-4-9(14(16)17)7(11)5-6/h3-5,8H,2,12H2,1H3,(H,13,15)/t8-/m0/s1. The maximum Gasteiger partial charge on any atom is 0.304 e. The Bertz CT molecular complexity index is 450. The summed E-state index contributed by atoms with van der Waals surface area (Å²) >= 11 is 0. The Morgan fingerprint density at radius 3 is 2.76 bits per heavy atom. The molecule has 17 heavy (non-hydrogen) atoms. The molecule has 0 aliphatic rings. The zero-order valence-corrected chi connectivity index (χ0v) is 9.14. The van der Waals surface area contributed by atoms with Gasteiger partial charge in [-0.3, -0.25) is 14.9 Å². The van der Waals surface area contributed by atoms with Gasteiger partial charge in [0.15, 0.2) is 0 Å². The quantitative estimate of drug-likeness (QED) is 0.615. The first kappa shape index (κ1) is 13.0. The molecule has 1 amide bonds. The molecule has 1 rings (SSSR count). The fraction of sp³-hybridized carbons (Fsp3) is 0.300. The minimum atomic E-state index is -1.00. The van der Waals surface area contributed by atoms with Gasteiger partial charge in [-0.1, -0.05) is 6.92 Å². The summed E-state index contributed by atoms with van der Waals surface area (Å²) in [6.07, 6.45) is 0.446.